The van der Waals surface area contributed by atoms with Crippen molar-refractivity contribution in [1.29, 1.82) is 0 Å². The molecule has 23 heavy (non-hydrogen) atoms. The Hall–Kier alpha value is -2.43. The third kappa shape index (κ3) is 3.04. The molecule has 0 bridgehead atoms. The fraction of sp³-hybridized carbons (Fsp3) is 0.111. The van der Waals surface area contributed by atoms with Crippen molar-refractivity contribution in [1.82, 2.24) is 10.4 Å². The Labute approximate surface area is 139 Å². The van der Waals surface area contributed by atoms with Crippen LogP contribution in [0, 0.1) is 0 Å². The number of benzene rings is 2. The molecule has 3 rings (SSSR count). The average molecular weight is 326 g/mol. The zero-order chi connectivity index (χ0) is 16.4. The summed E-state index contributed by atoms with van der Waals surface area (Å²) in [4.78, 5) is 16.8. The second-order valence-corrected chi connectivity index (χ2v) is 5.68. The topological polar surface area (TPSA) is 68.0 Å². The maximum atomic E-state index is 12.2. The molecule has 0 radical (unpaired) electrons. The lowest BCUT2D eigenvalue weighted by molar-refractivity contribution is 0.0955. The standard InChI is InChI=1S/C18H16ClN3O/c1-2-11-3-8-16-14(9-11)15(18(23)22-20)10-17(21-16)12-4-6-13(19)7-5-12/h3-10H,2,20H2,1H3,(H,22,23). The summed E-state index contributed by atoms with van der Waals surface area (Å²) in [6.45, 7) is 2.07. The van der Waals surface area contributed by atoms with Crippen molar-refractivity contribution in [3.63, 3.8) is 0 Å². The monoisotopic (exact) mass is 325 g/mol. The van der Waals surface area contributed by atoms with Crippen LogP contribution in [-0.4, -0.2) is 10.9 Å². The van der Waals surface area contributed by atoms with E-state index in [1.54, 1.807) is 18.2 Å². The van der Waals surface area contributed by atoms with Crippen molar-refractivity contribution in [3.05, 3.63) is 64.7 Å². The number of hydrogen-bond donors (Lipinski definition) is 2. The van der Waals surface area contributed by atoms with Gasteiger partial charge in [-0.05, 0) is 42.3 Å². The smallest absolute Gasteiger partial charge is 0.265 e. The molecule has 2 aromatic carbocycles. The van der Waals surface area contributed by atoms with Gasteiger partial charge in [0, 0.05) is 16.0 Å². The highest BCUT2D eigenvalue weighted by Gasteiger charge is 2.13. The first-order valence-corrected chi connectivity index (χ1v) is 7.70. The predicted octanol–water partition coefficient (Wildman–Crippen LogP) is 3.72. The van der Waals surface area contributed by atoms with Crippen LogP contribution in [0.15, 0.2) is 48.5 Å². The summed E-state index contributed by atoms with van der Waals surface area (Å²) >= 11 is 5.93. The SMILES string of the molecule is CCc1ccc2nc(-c3ccc(Cl)cc3)cc(C(=O)NN)c2c1. The minimum atomic E-state index is -0.333. The molecular weight excluding hydrogens is 310 g/mol. The summed E-state index contributed by atoms with van der Waals surface area (Å²) < 4.78 is 0. The van der Waals surface area contributed by atoms with Crippen LogP contribution in [0.1, 0.15) is 22.8 Å². The molecule has 1 heterocycles. The first-order valence-electron chi connectivity index (χ1n) is 7.33. The fourth-order valence-electron chi connectivity index (χ4n) is 2.53. The number of hydrogen-bond acceptors (Lipinski definition) is 3. The normalized spacial score (nSPS) is 10.7. The van der Waals surface area contributed by atoms with Gasteiger partial charge in [0.25, 0.3) is 5.91 Å². The number of halogens is 1. The van der Waals surface area contributed by atoms with Crippen LogP contribution in [0.4, 0.5) is 0 Å². The predicted molar refractivity (Wildman–Crippen MR) is 93.2 cm³/mol. The van der Waals surface area contributed by atoms with E-state index >= 15 is 0 Å². The Bertz CT molecular complexity index is 875. The number of carbonyl (C=O) groups excluding carboxylic acids is 1. The molecule has 1 aromatic heterocycles. The van der Waals surface area contributed by atoms with E-state index in [1.807, 2.05) is 30.3 Å². The molecule has 0 aliphatic heterocycles. The minimum absolute atomic E-state index is 0.333. The first kappa shape index (κ1) is 15.5. The second-order valence-electron chi connectivity index (χ2n) is 5.24. The van der Waals surface area contributed by atoms with Crippen LogP contribution in [0.25, 0.3) is 22.2 Å². The van der Waals surface area contributed by atoms with Gasteiger partial charge in [-0.1, -0.05) is 36.7 Å². The Morgan fingerprint density at radius 1 is 1.17 bits per heavy atom. The number of aromatic nitrogens is 1. The number of rotatable bonds is 3. The van der Waals surface area contributed by atoms with Crippen molar-refractivity contribution >= 4 is 28.4 Å². The molecule has 0 unspecified atom stereocenters. The Morgan fingerprint density at radius 2 is 1.91 bits per heavy atom. The van der Waals surface area contributed by atoms with E-state index < -0.39 is 0 Å². The number of carbonyl (C=O) groups is 1. The van der Waals surface area contributed by atoms with Gasteiger partial charge in [0.1, 0.15) is 0 Å². The minimum Gasteiger partial charge on any atom is -0.290 e. The number of nitrogens with two attached hydrogens (primary N) is 1. The van der Waals surface area contributed by atoms with Crippen LogP contribution >= 0.6 is 11.6 Å². The molecule has 4 nitrogen and oxygen atoms in total. The molecule has 0 fully saturated rings. The number of amides is 1. The molecule has 0 saturated heterocycles. The lowest BCUT2D eigenvalue weighted by Gasteiger charge is -2.10. The molecule has 5 heteroatoms. The molecule has 0 spiro atoms. The molecular formula is C18H16ClN3O. The Morgan fingerprint density at radius 3 is 2.57 bits per heavy atom. The maximum absolute atomic E-state index is 12.2. The average Bonchev–Trinajstić information content (AvgIpc) is 2.60. The van der Waals surface area contributed by atoms with Gasteiger partial charge in [0.15, 0.2) is 0 Å². The Kier molecular flexibility index (Phi) is 4.28. The van der Waals surface area contributed by atoms with Gasteiger partial charge < -0.3 is 0 Å². The van der Waals surface area contributed by atoms with Gasteiger partial charge in [-0.3, -0.25) is 10.2 Å². The van der Waals surface area contributed by atoms with E-state index in [0.29, 0.717) is 16.3 Å². The van der Waals surface area contributed by atoms with E-state index in [9.17, 15) is 4.79 Å². The van der Waals surface area contributed by atoms with Gasteiger partial charge in [0.2, 0.25) is 0 Å². The number of hydrazine groups is 1. The lowest BCUT2D eigenvalue weighted by atomic mass is 10.0. The maximum Gasteiger partial charge on any atom is 0.265 e. The fourth-order valence-corrected chi connectivity index (χ4v) is 2.65. The van der Waals surface area contributed by atoms with Crippen molar-refractivity contribution in [2.75, 3.05) is 0 Å². The van der Waals surface area contributed by atoms with Gasteiger partial charge in [-0.15, -0.1) is 0 Å². The molecule has 0 saturated carbocycles. The molecule has 116 valence electrons. The highest BCUT2D eigenvalue weighted by molar-refractivity contribution is 6.30. The molecule has 3 N–H and O–H groups in total. The van der Waals surface area contributed by atoms with Gasteiger partial charge in [-0.2, -0.15) is 0 Å². The summed E-state index contributed by atoms with van der Waals surface area (Å²) in [5, 5.41) is 1.45. The van der Waals surface area contributed by atoms with Gasteiger partial charge in [0.05, 0.1) is 16.8 Å². The zero-order valence-corrected chi connectivity index (χ0v) is 13.4. The number of nitrogens with one attached hydrogen (secondary N) is 1. The lowest BCUT2D eigenvalue weighted by Crippen LogP contribution is -2.30. The quantitative estimate of drug-likeness (QED) is 0.438. The number of nitrogen functional groups attached to an aromatic ring is 1. The van der Waals surface area contributed by atoms with E-state index in [2.05, 4.69) is 17.3 Å². The van der Waals surface area contributed by atoms with E-state index in [0.717, 1.165) is 28.5 Å². The second kappa shape index (κ2) is 6.36. The number of fused-ring (bicyclic) bond motifs is 1. The summed E-state index contributed by atoms with van der Waals surface area (Å²) in [7, 11) is 0. The van der Waals surface area contributed by atoms with Crippen molar-refractivity contribution in [3.8, 4) is 11.3 Å². The first-order chi connectivity index (χ1) is 11.1. The van der Waals surface area contributed by atoms with Crippen molar-refractivity contribution in [2.45, 2.75) is 13.3 Å². The zero-order valence-electron chi connectivity index (χ0n) is 12.6. The summed E-state index contributed by atoms with van der Waals surface area (Å²) in [6.07, 6.45) is 0.887. The van der Waals surface area contributed by atoms with Crippen LogP contribution in [-0.2, 0) is 6.42 Å². The van der Waals surface area contributed by atoms with Gasteiger partial charge in [-0.25, -0.2) is 10.8 Å². The summed E-state index contributed by atoms with van der Waals surface area (Å²) in [5.74, 6) is 5.00. The van der Waals surface area contributed by atoms with Crippen molar-refractivity contribution in [2.24, 2.45) is 5.84 Å². The largest absolute Gasteiger partial charge is 0.290 e. The molecule has 0 aliphatic carbocycles. The molecule has 1 amide bonds. The van der Waals surface area contributed by atoms with E-state index in [1.165, 1.54) is 0 Å². The van der Waals surface area contributed by atoms with Crippen LogP contribution in [0.5, 0.6) is 0 Å². The van der Waals surface area contributed by atoms with E-state index in [4.69, 9.17) is 17.4 Å². The highest BCUT2D eigenvalue weighted by atomic mass is 35.5. The van der Waals surface area contributed by atoms with Crippen LogP contribution < -0.4 is 11.3 Å². The molecule has 3 aromatic rings. The Balaban J connectivity index is 2.25. The summed E-state index contributed by atoms with van der Waals surface area (Å²) in [5.41, 5.74) is 6.22. The van der Waals surface area contributed by atoms with Crippen LogP contribution in [0.3, 0.4) is 0 Å². The highest BCUT2D eigenvalue weighted by Crippen LogP contribution is 2.26. The van der Waals surface area contributed by atoms with Crippen molar-refractivity contribution < 1.29 is 4.79 Å². The number of aryl methyl sites for hydroxylation is 1. The van der Waals surface area contributed by atoms with Gasteiger partial charge >= 0.3 is 0 Å². The molecule has 0 aliphatic rings. The third-order valence-electron chi connectivity index (χ3n) is 3.80. The summed E-state index contributed by atoms with van der Waals surface area (Å²) in [6, 6.07) is 15.0. The number of nitrogens with zero attached hydrogens (tertiary/aromatic N) is 1. The molecule has 0 atom stereocenters. The third-order valence-corrected chi connectivity index (χ3v) is 4.05. The number of pyridine rings is 1. The van der Waals surface area contributed by atoms with Crippen LogP contribution in [0.2, 0.25) is 5.02 Å². The van der Waals surface area contributed by atoms with E-state index in [-0.39, 0.29) is 5.91 Å².